The Morgan fingerprint density at radius 3 is 2.71 bits per heavy atom. The predicted octanol–water partition coefficient (Wildman–Crippen LogP) is 4.01. The molecule has 0 unspecified atom stereocenters. The van der Waals surface area contributed by atoms with Crippen molar-refractivity contribution in [3.05, 3.63) is 47.2 Å². The topological polar surface area (TPSA) is 60.5 Å². The molecule has 1 N–H and O–H groups in total. The molecule has 0 aliphatic heterocycles. The summed E-state index contributed by atoms with van der Waals surface area (Å²) < 4.78 is 10.4. The minimum absolute atomic E-state index is 0.0944. The Bertz CT molecular complexity index is 683. The molecule has 1 aromatic carbocycles. The van der Waals surface area contributed by atoms with E-state index in [2.05, 4.69) is 10.3 Å². The Labute approximate surface area is 150 Å². The zero-order valence-electron chi connectivity index (χ0n) is 13.5. The first kappa shape index (κ1) is 18.4. The smallest absolute Gasteiger partial charge is 0.225 e. The SMILES string of the molecule is COc1cc(OC)c(NC(=O)CCSCc2ccccn2)cc1Cl. The monoisotopic (exact) mass is 366 g/mol. The van der Waals surface area contributed by atoms with E-state index in [4.69, 9.17) is 21.1 Å². The third kappa shape index (κ3) is 5.32. The highest BCUT2D eigenvalue weighted by atomic mass is 35.5. The maximum Gasteiger partial charge on any atom is 0.225 e. The Morgan fingerprint density at radius 1 is 1.25 bits per heavy atom. The minimum Gasteiger partial charge on any atom is -0.495 e. The Morgan fingerprint density at radius 2 is 2.04 bits per heavy atom. The van der Waals surface area contributed by atoms with Gasteiger partial charge in [0.2, 0.25) is 5.91 Å². The number of rotatable bonds is 8. The van der Waals surface area contributed by atoms with Crippen LogP contribution in [0.25, 0.3) is 0 Å². The normalized spacial score (nSPS) is 10.3. The quantitative estimate of drug-likeness (QED) is 0.715. The number of amides is 1. The number of benzene rings is 1. The summed E-state index contributed by atoms with van der Waals surface area (Å²) in [7, 11) is 3.05. The van der Waals surface area contributed by atoms with Crippen molar-refractivity contribution in [1.29, 1.82) is 0 Å². The van der Waals surface area contributed by atoms with Gasteiger partial charge in [-0.2, -0.15) is 11.8 Å². The zero-order chi connectivity index (χ0) is 17.4. The Hall–Kier alpha value is -1.92. The second kappa shape index (κ2) is 9.39. The van der Waals surface area contributed by atoms with Crippen molar-refractivity contribution < 1.29 is 14.3 Å². The van der Waals surface area contributed by atoms with Crippen LogP contribution in [-0.4, -0.2) is 30.9 Å². The molecule has 0 saturated heterocycles. The number of ether oxygens (including phenoxy) is 2. The number of anilines is 1. The van der Waals surface area contributed by atoms with Crippen LogP contribution in [0.4, 0.5) is 5.69 Å². The highest BCUT2D eigenvalue weighted by Crippen LogP contribution is 2.35. The van der Waals surface area contributed by atoms with Crippen molar-refractivity contribution in [3.63, 3.8) is 0 Å². The molecule has 5 nitrogen and oxygen atoms in total. The van der Waals surface area contributed by atoms with Gasteiger partial charge >= 0.3 is 0 Å². The summed E-state index contributed by atoms with van der Waals surface area (Å²) in [5.41, 5.74) is 1.54. The maximum absolute atomic E-state index is 12.1. The number of carbonyl (C=O) groups is 1. The second-order valence-electron chi connectivity index (χ2n) is 4.86. The van der Waals surface area contributed by atoms with E-state index in [0.717, 1.165) is 11.4 Å². The van der Waals surface area contributed by atoms with E-state index in [1.54, 1.807) is 30.1 Å². The van der Waals surface area contributed by atoms with Crippen LogP contribution in [0.2, 0.25) is 5.02 Å². The van der Waals surface area contributed by atoms with E-state index in [-0.39, 0.29) is 5.91 Å². The van der Waals surface area contributed by atoms with Crippen molar-refractivity contribution in [1.82, 2.24) is 4.98 Å². The fourth-order valence-electron chi connectivity index (χ4n) is 2.00. The van der Waals surface area contributed by atoms with Gasteiger partial charge in [-0.05, 0) is 18.2 Å². The van der Waals surface area contributed by atoms with Crippen LogP contribution in [0.3, 0.4) is 0 Å². The Balaban J connectivity index is 1.85. The first-order valence-corrected chi connectivity index (χ1v) is 8.86. The number of aromatic nitrogens is 1. The van der Waals surface area contributed by atoms with Crippen LogP contribution in [0.5, 0.6) is 11.5 Å². The number of carbonyl (C=O) groups excluding carboxylic acids is 1. The molecule has 0 bridgehead atoms. The van der Waals surface area contributed by atoms with Crippen LogP contribution >= 0.6 is 23.4 Å². The first-order valence-electron chi connectivity index (χ1n) is 7.33. The van der Waals surface area contributed by atoms with Gasteiger partial charge in [-0.1, -0.05) is 17.7 Å². The van der Waals surface area contributed by atoms with Gasteiger partial charge in [0, 0.05) is 30.2 Å². The van der Waals surface area contributed by atoms with E-state index in [9.17, 15) is 4.79 Å². The van der Waals surface area contributed by atoms with E-state index in [1.807, 2.05) is 18.2 Å². The molecule has 0 aliphatic rings. The molecule has 1 amide bonds. The molecule has 1 heterocycles. The summed E-state index contributed by atoms with van der Waals surface area (Å²) in [6.07, 6.45) is 2.16. The van der Waals surface area contributed by atoms with Crippen LogP contribution < -0.4 is 14.8 Å². The highest BCUT2D eigenvalue weighted by Gasteiger charge is 2.12. The van der Waals surface area contributed by atoms with Crippen LogP contribution in [0, 0.1) is 0 Å². The van der Waals surface area contributed by atoms with Crippen LogP contribution in [0.15, 0.2) is 36.5 Å². The molecule has 0 atom stereocenters. The summed E-state index contributed by atoms with van der Waals surface area (Å²) >= 11 is 7.76. The van der Waals surface area contributed by atoms with Crippen LogP contribution in [0.1, 0.15) is 12.1 Å². The molecule has 1 aromatic heterocycles. The molecular weight excluding hydrogens is 348 g/mol. The number of pyridine rings is 1. The van der Waals surface area contributed by atoms with Gasteiger partial charge in [-0.3, -0.25) is 9.78 Å². The first-order chi connectivity index (χ1) is 11.6. The molecule has 0 radical (unpaired) electrons. The van der Waals surface area contributed by atoms with Crippen molar-refractivity contribution in [2.75, 3.05) is 25.3 Å². The van der Waals surface area contributed by atoms with Crippen molar-refractivity contribution in [2.45, 2.75) is 12.2 Å². The predicted molar refractivity (Wildman–Crippen MR) is 98.2 cm³/mol. The van der Waals surface area contributed by atoms with Gasteiger partial charge in [0.25, 0.3) is 0 Å². The van der Waals surface area contributed by atoms with Gasteiger partial charge in [0.05, 0.1) is 30.6 Å². The van der Waals surface area contributed by atoms with Gasteiger partial charge in [0.15, 0.2) is 0 Å². The lowest BCUT2D eigenvalue weighted by atomic mass is 10.2. The lowest BCUT2D eigenvalue weighted by Crippen LogP contribution is -2.13. The van der Waals surface area contributed by atoms with Crippen molar-refractivity contribution in [3.8, 4) is 11.5 Å². The lowest BCUT2D eigenvalue weighted by molar-refractivity contribution is -0.115. The standard InChI is InChI=1S/C17H19ClN2O3S/c1-22-15-10-16(23-2)14(9-13(15)18)20-17(21)6-8-24-11-12-5-3-4-7-19-12/h3-5,7,9-10H,6,8,11H2,1-2H3,(H,20,21). The van der Waals surface area contributed by atoms with Crippen molar-refractivity contribution in [2.24, 2.45) is 0 Å². The molecule has 24 heavy (non-hydrogen) atoms. The molecular formula is C17H19ClN2O3S. The van der Waals surface area contributed by atoms with Gasteiger partial charge in [-0.15, -0.1) is 0 Å². The minimum atomic E-state index is -0.0944. The summed E-state index contributed by atoms with van der Waals surface area (Å²) in [6, 6.07) is 9.08. The van der Waals surface area contributed by atoms with Crippen LogP contribution in [-0.2, 0) is 10.5 Å². The molecule has 0 fully saturated rings. The highest BCUT2D eigenvalue weighted by molar-refractivity contribution is 7.98. The number of nitrogens with zero attached hydrogens (tertiary/aromatic N) is 1. The third-order valence-electron chi connectivity index (χ3n) is 3.20. The second-order valence-corrected chi connectivity index (χ2v) is 6.37. The number of halogens is 1. The molecule has 0 spiro atoms. The molecule has 128 valence electrons. The number of methoxy groups -OCH3 is 2. The summed E-state index contributed by atoms with van der Waals surface area (Å²) in [5.74, 6) is 2.40. The molecule has 0 saturated carbocycles. The Kier molecular flexibility index (Phi) is 7.21. The molecule has 2 aromatic rings. The average Bonchev–Trinajstić information content (AvgIpc) is 2.60. The fraction of sp³-hybridized carbons (Fsp3) is 0.294. The third-order valence-corrected chi connectivity index (χ3v) is 4.49. The number of hydrogen-bond donors (Lipinski definition) is 1. The van der Waals surface area contributed by atoms with E-state index >= 15 is 0 Å². The number of thioether (sulfide) groups is 1. The van der Waals surface area contributed by atoms with Gasteiger partial charge in [0.1, 0.15) is 11.5 Å². The van der Waals surface area contributed by atoms with E-state index in [0.29, 0.717) is 34.4 Å². The summed E-state index contributed by atoms with van der Waals surface area (Å²) in [5, 5.41) is 3.23. The molecule has 0 aliphatic carbocycles. The fourth-order valence-corrected chi connectivity index (χ4v) is 3.09. The molecule has 7 heteroatoms. The van der Waals surface area contributed by atoms with Gasteiger partial charge in [-0.25, -0.2) is 0 Å². The lowest BCUT2D eigenvalue weighted by Gasteiger charge is -2.13. The average molecular weight is 367 g/mol. The number of hydrogen-bond acceptors (Lipinski definition) is 5. The molecule has 2 rings (SSSR count). The summed E-state index contributed by atoms with van der Waals surface area (Å²) in [6.45, 7) is 0. The van der Waals surface area contributed by atoms with Crippen molar-refractivity contribution >= 4 is 35.0 Å². The maximum atomic E-state index is 12.1. The summed E-state index contributed by atoms with van der Waals surface area (Å²) in [4.78, 5) is 16.3. The largest absolute Gasteiger partial charge is 0.495 e. The van der Waals surface area contributed by atoms with E-state index < -0.39 is 0 Å². The number of nitrogens with one attached hydrogen (secondary N) is 1. The zero-order valence-corrected chi connectivity index (χ0v) is 15.1. The van der Waals surface area contributed by atoms with Gasteiger partial charge < -0.3 is 14.8 Å². The van der Waals surface area contributed by atoms with E-state index in [1.165, 1.54) is 14.2 Å².